The molecular formula is C29H33ClN6O6. The molecule has 0 bridgehead atoms. The van der Waals surface area contributed by atoms with Crippen LogP contribution >= 0.6 is 11.6 Å². The number of halogens is 1. The maximum Gasteiger partial charge on any atom is 0.413 e. The molecule has 1 saturated heterocycles. The monoisotopic (exact) mass is 596 g/mol. The number of aromatic nitrogens is 2. The van der Waals surface area contributed by atoms with Crippen LogP contribution in [0.5, 0.6) is 0 Å². The quantitative estimate of drug-likeness (QED) is 0.332. The van der Waals surface area contributed by atoms with E-state index in [1.807, 2.05) is 4.90 Å². The number of anilines is 3. The predicted octanol–water partition coefficient (Wildman–Crippen LogP) is 5.60. The van der Waals surface area contributed by atoms with E-state index in [1.165, 1.54) is 18.3 Å². The fourth-order valence-electron chi connectivity index (χ4n) is 5.28. The molecule has 13 heteroatoms. The minimum atomic E-state index is -0.717. The van der Waals surface area contributed by atoms with E-state index in [0.29, 0.717) is 24.3 Å². The lowest BCUT2D eigenvalue weighted by Gasteiger charge is -2.34. The van der Waals surface area contributed by atoms with E-state index < -0.39 is 17.6 Å². The van der Waals surface area contributed by atoms with Crippen molar-refractivity contribution in [3.63, 3.8) is 0 Å². The van der Waals surface area contributed by atoms with Crippen molar-refractivity contribution in [2.24, 2.45) is 5.92 Å². The van der Waals surface area contributed by atoms with Crippen molar-refractivity contribution >= 4 is 63.8 Å². The van der Waals surface area contributed by atoms with Crippen molar-refractivity contribution in [3.8, 4) is 0 Å². The summed E-state index contributed by atoms with van der Waals surface area (Å²) in [5.74, 6) is -0.868. The second-order valence-electron chi connectivity index (χ2n) is 11.5. The van der Waals surface area contributed by atoms with Crippen LogP contribution in [0.2, 0.25) is 5.02 Å². The van der Waals surface area contributed by atoms with Gasteiger partial charge in [0.05, 0.1) is 5.02 Å². The van der Waals surface area contributed by atoms with Gasteiger partial charge in [0.25, 0.3) is 5.91 Å². The lowest BCUT2D eigenvalue weighted by Crippen LogP contribution is -2.40. The first-order valence-corrected chi connectivity index (χ1v) is 14.3. The van der Waals surface area contributed by atoms with Crippen LogP contribution in [0.1, 0.15) is 69.9 Å². The number of ether oxygens (including phenoxy) is 1. The van der Waals surface area contributed by atoms with Gasteiger partial charge in [0.15, 0.2) is 5.58 Å². The minimum Gasteiger partial charge on any atom is -0.447 e. The van der Waals surface area contributed by atoms with Crippen molar-refractivity contribution in [1.82, 2.24) is 14.9 Å². The van der Waals surface area contributed by atoms with E-state index in [-0.39, 0.29) is 58.0 Å². The van der Waals surface area contributed by atoms with Gasteiger partial charge >= 0.3 is 6.09 Å². The Bertz CT molecular complexity index is 1510. The van der Waals surface area contributed by atoms with Gasteiger partial charge in [-0.2, -0.15) is 0 Å². The average Bonchev–Trinajstić information content (AvgIpc) is 3.52. The number of likely N-dealkylation sites (tertiary alicyclic amines) is 1. The number of pyridine rings is 2. The van der Waals surface area contributed by atoms with Crippen molar-refractivity contribution < 1.29 is 28.3 Å². The zero-order valence-corrected chi connectivity index (χ0v) is 24.4. The van der Waals surface area contributed by atoms with Crippen LogP contribution in [0, 0.1) is 5.92 Å². The Morgan fingerprint density at radius 3 is 2.40 bits per heavy atom. The molecule has 4 amide bonds. The van der Waals surface area contributed by atoms with Gasteiger partial charge in [-0.1, -0.05) is 11.6 Å². The maximum atomic E-state index is 13.5. The van der Waals surface area contributed by atoms with E-state index in [2.05, 4.69) is 25.9 Å². The van der Waals surface area contributed by atoms with Crippen LogP contribution in [-0.4, -0.2) is 56.9 Å². The number of hydrogen-bond donors (Lipinski definition) is 3. The van der Waals surface area contributed by atoms with Gasteiger partial charge in [0.2, 0.25) is 17.6 Å². The highest BCUT2D eigenvalue weighted by molar-refractivity contribution is 6.30. The molecular weight excluding hydrogens is 564 g/mol. The number of nitrogens with one attached hydrogen (secondary N) is 3. The third-order valence-electron chi connectivity index (χ3n) is 7.20. The molecule has 2 fully saturated rings. The normalized spacial score (nSPS) is 19.0. The molecule has 3 aromatic rings. The molecule has 5 rings (SSSR count). The van der Waals surface area contributed by atoms with E-state index in [0.717, 1.165) is 25.8 Å². The molecule has 0 atom stereocenters. The first-order valence-electron chi connectivity index (χ1n) is 13.9. The number of furan rings is 1. The summed E-state index contributed by atoms with van der Waals surface area (Å²) in [4.78, 5) is 61.8. The Hall–Kier alpha value is -4.19. The van der Waals surface area contributed by atoms with Gasteiger partial charge in [0, 0.05) is 31.1 Å². The number of fused-ring (bicyclic) bond motifs is 1. The molecule has 2 aliphatic rings. The summed E-state index contributed by atoms with van der Waals surface area (Å²) in [6.07, 6.45) is 4.81. The maximum absolute atomic E-state index is 13.5. The molecule has 1 aliphatic heterocycles. The Labute approximate surface area is 247 Å². The number of carbonyl (C=O) groups is 4. The average molecular weight is 597 g/mol. The predicted molar refractivity (Wildman–Crippen MR) is 156 cm³/mol. The number of hydrogen-bond acceptors (Lipinski definition) is 8. The second-order valence-corrected chi connectivity index (χ2v) is 11.9. The largest absolute Gasteiger partial charge is 0.447 e. The molecule has 42 heavy (non-hydrogen) atoms. The van der Waals surface area contributed by atoms with Crippen LogP contribution in [0.3, 0.4) is 0 Å². The van der Waals surface area contributed by atoms with Gasteiger partial charge in [-0.3, -0.25) is 19.7 Å². The molecule has 3 N–H and O–H groups in total. The van der Waals surface area contributed by atoms with E-state index >= 15 is 0 Å². The van der Waals surface area contributed by atoms with Crippen LogP contribution < -0.4 is 16.0 Å². The SMILES string of the molecule is CC(C)(C)OC(=O)Nc1ccc2oc(C(=O)Nc3ccc(Cl)cn3)c(NC(=O)C3CCC(N4CCCC4=O)CC3)c2n1. The van der Waals surface area contributed by atoms with E-state index in [1.54, 1.807) is 32.9 Å². The van der Waals surface area contributed by atoms with Crippen molar-refractivity contribution in [3.05, 3.63) is 41.2 Å². The summed E-state index contributed by atoms with van der Waals surface area (Å²) in [7, 11) is 0. The lowest BCUT2D eigenvalue weighted by molar-refractivity contribution is -0.130. The fourth-order valence-corrected chi connectivity index (χ4v) is 5.39. The summed E-state index contributed by atoms with van der Waals surface area (Å²) in [6, 6.07) is 6.31. The minimum absolute atomic E-state index is 0.0751. The number of amides is 4. The lowest BCUT2D eigenvalue weighted by atomic mass is 9.84. The van der Waals surface area contributed by atoms with Crippen molar-refractivity contribution in [2.45, 2.75) is 70.9 Å². The summed E-state index contributed by atoms with van der Waals surface area (Å²) in [5, 5.41) is 8.49. The van der Waals surface area contributed by atoms with Crippen LogP contribution in [0.4, 0.5) is 22.1 Å². The summed E-state index contributed by atoms with van der Waals surface area (Å²) < 4.78 is 11.2. The van der Waals surface area contributed by atoms with Crippen molar-refractivity contribution in [1.29, 1.82) is 0 Å². The number of rotatable bonds is 6. The smallest absolute Gasteiger partial charge is 0.413 e. The summed E-state index contributed by atoms with van der Waals surface area (Å²) >= 11 is 5.91. The van der Waals surface area contributed by atoms with Crippen LogP contribution in [0.25, 0.3) is 11.1 Å². The summed E-state index contributed by atoms with van der Waals surface area (Å²) in [5.41, 5.74) is -0.232. The zero-order valence-electron chi connectivity index (χ0n) is 23.7. The number of nitrogens with zero attached hydrogens (tertiary/aromatic N) is 3. The molecule has 0 aromatic carbocycles. The molecule has 1 aliphatic carbocycles. The first-order chi connectivity index (χ1) is 20.0. The topological polar surface area (TPSA) is 156 Å². The Morgan fingerprint density at radius 1 is 1.02 bits per heavy atom. The highest BCUT2D eigenvalue weighted by Crippen LogP contribution is 2.35. The first kappa shape index (κ1) is 29.3. The molecule has 222 valence electrons. The highest BCUT2D eigenvalue weighted by Gasteiger charge is 2.34. The number of carbonyl (C=O) groups excluding carboxylic acids is 4. The van der Waals surface area contributed by atoms with Gasteiger partial charge in [0.1, 0.15) is 28.4 Å². The van der Waals surface area contributed by atoms with Gasteiger partial charge < -0.3 is 24.7 Å². The third kappa shape index (κ3) is 6.81. The Kier molecular flexibility index (Phi) is 8.35. The molecule has 4 heterocycles. The second kappa shape index (κ2) is 12.0. The van der Waals surface area contributed by atoms with Gasteiger partial charge in [-0.05, 0) is 77.1 Å². The van der Waals surface area contributed by atoms with Gasteiger partial charge in [-0.25, -0.2) is 14.8 Å². The standard InChI is InChI=1S/C29H33ClN6O6/c1-29(2,3)42-28(40)34-21-13-11-19-23(32-21)24(25(41-19)27(39)33-20-12-8-17(30)15-31-20)35-26(38)16-6-9-18(10-7-16)36-14-4-5-22(36)37/h8,11-13,15-16,18H,4-7,9-10,14H2,1-3H3,(H,35,38)(H,31,33,39)(H,32,34,40). The zero-order chi connectivity index (χ0) is 30.0. The molecule has 3 aromatic heterocycles. The van der Waals surface area contributed by atoms with Crippen LogP contribution in [0.15, 0.2) is 34.9 Å². The van der Waals surface area contributed by atoms with Gasteiger partial charge in [-0.15, -0.1) is 0 Å². The Morgan fingerprint density at radius 2 is 1.76 bits per heavy atom. The molecule has 0 unspecified atom stereocenters. The Balaban J connectivity index is 1.39. The van der Waals surface area contributed by atoms with Crippen LogP contribution in [-0.2, 0) is 14.3 Å². The molecule has 1 saturated carbocycles. The van der Waals surface area contributed by atoms with E-state index in [9.17, 15) is 19.2 Å². The molecule has 12 nitrogen and oxygen atoms in total. The molecule has 0 spiro atoms. The summed E-state index contributed by atoms with van der Waals surface area (Å²) in [6.45, 7) is 5.99. The third-order valence-corrected chi connectivity index (χ3v) is 7.43. The highest BCUT2D eigenvalue weighted by atomic mass is 35.5. The fraction of sp³-hybridized carbons (Fsp3) is 0.448. The molecule has 0 radical (unpaired) electrons. The van der Waals surface area contributed by atoms with E-state index in [4.69, 9.17) is 20.8 Å². The van der Waals surface area contributed by atoms with Crippen molar-refractivity contribution in [2.75, 3.05) is 22.5 Å².